The maximum absolute atomic E-state index is 10.8. The summed E-state index contributed by atoms with van der Waals surface area (Å²) in [5.74, 6) is -0.181. The van der Waals surface area contributed by atoms with Crippen molar-refractivity contribution in [2.45, 2.75) is 37.2 Å². The zero-order valence-corrected chi connectivity index (χ0v) is 7.63. The molecule has 0 unspecified atom stereocenters. The third kappa shape index (κ3) is 2.42. The molecular weight excluding hydrogens is 190 g/mol. The molecule has 1 fully saturated rings. The number of amides is 1. The van der Waals surface area contributed by atoms with Crippen LogP contribution in [0.5, 0.6) is 0 Å². The van der Waals surface area contributed by atoms with Gasteiger partial charge in [-0.25, -0.2) is 0 Å². The number of carbonyl (C=O) groups is 1. The van der Waals surface area contributed by atoms with Gasteiger partial charge in [0.15, 0.2) is 0 Å². The molecule has 6 heteroatoms. The van der Waals surface area contributed by atoms with Crippen LogP contribution in [0, 0.1) is 0 Å². The molecule has 0 aliphatic carbocycles. The van der Waals surface area contributed by atoms with Crippen molar-refractivity contribution in [3.8, 4) is 0 Å². The first-order valence-electron chi connectivity index (χ1n) is 4.50. The summed E-state index contributed by atoms with van der Waals surface area (Å²) in [5, 5.41) is 38.9. The molecule has 82 valence electrons. The van der Waals surface area contributed by atoms with Gasteiger partial charge in [-0.15, -0.1) is 0 Å². The maximum Gasteiger partial charge on any atom is 0.220 e. The summed E-state index contributed by atoms with van der Waals surface area (Å²) in [4.78, 5) is 10.8. The van der Waals surface area contributed by atoms with Crippen molar-refractivity contribution >= 4 is 5.91 Å². The molecule has 1 saturated heterocycles. The van der Waals surface area contributed by atoms with Crippen molar-refractivity contribution in [2.24, 2.45) is 0 Å². The number of aliphatic hydroxyl groups excluding tert-OH is 4. The highest BCUT2D eigenvalue weighted by Gasteiger charge is 2.34. The third-order valence-electron chi connectivity index (χ3n) is 2.37. The van der Waals surface area contributed by atoms with Crippen LogP contribution in [-0.2, 0) is 4.79 Å². The molecule has 1 aliphatic rings. The fourth-order valence-electron chi connectivity index (χ4n) is 1.47. The van der Waals surface area contributed by atoms with Crippen molar-refractivity contribution < 1.29 is 25.2 Å². The first-order valence-corrected chi connectivity index (χ1v) is 4.50. The lowest BCUT2D eigenvalue weighted by atomic mass is 10.0. The molecule has 0 aromatic rings. The monoisotopic (exact) mass is 205 g/mol. The average molecular weight is 205 g/mol. The van der Waals surface area contributed by atoms with Gasteiger partial charge in [0.25, 0.3) is 0 Å². The Hall–Kier alpha value is -0.690. The standard InChI is InChI=1S/C8H15NO5/c10-3-5(11)8(14)7(13)4-1-2-6(12)9-4/h4-5,7-8,10-11,13-14H,1-3H2,(H,9,12)/t4-,5-,7+,8+/m0/s1. The molecule has 0 bridgehead atoms. The van der Waals surface area contributed by atoms with Crippen LogP contribution in [0.15, 0.2) is 0 Å². The first kappa shape index (κ1) is 11.4. The predicted octanol–water partition coefficient (Wildman–Crippen LogP) is -2.66. The van der Waals surface area contributed by atoms with Crippen LogP contribution >= 0.6 is 0 Å². The van der Waals surface area contributed by atoms with E-state index in [0.29, 0.717) is 12.8 Å². The number of rotatable bonds is 4. The normalized spacial score (nSPS) is 28.3. The zero-order chi connectivity index (χ0) is 10.7. The van der Waals surface area contributed by atoms with Crippen molar-refractivity contribution in [2.75, 3.05) is 6.61 Å². The van der Waals surface area contributed by atoms with Gasteiger partial charge in [0.2, 0.25) is 5.91 Å². The minimum Gasteiger partial charge on any atom is -0.394 e. The molecule has 0 aromatic heterocycles. The fraction of sp³-hybridized carbons (Fsp3) is 0.875. The lowest BCUT2D eigenvalue weighted by Gasteiger charge is -2.25. The van der Waals surface area contributed by atoms with Crippen LogP contribution in [0.25, 0.3) is 0 Å². The van der Waals surface area contributed by atoms with E-state index in [-0.39, 0.29) is 5.91 Å². The number of carbonyl (C=O) groups excluding carboxylic acids is 1. The minimum atomic E-state index is -1.44. The Kier molecular flexibility index (Phi) is 3.82. The smallest absolute Gasteiger partial charge is 0.220 e. The second-order valence-corrected chi connectivity index (χ2v) is 3.44. The lowest BCUT2D eigenvalue weighted by Crippen LogP contribution is -2.49. The highest BCUT2D eigenvalue weighted by Crippen LogP contribution is 2.14. The molecule has 14 heavy (non-hydrogen) atoms. The largest absolute Gasteiger partial charge is 0.394 e. The van der Waals surface area contributed by atoms with Crippen molar-refractivity contribution in [1.29, 1.82) is 0 Å². The molecule has 1 rings (SSSR count). The summed E-state index contributed by atoms with van der Waals surface area (Å²) in [6.07, 6.45) is -3.34. The highest BCUT2D eigenvalue weighted by atomic mass is 16.4. The molecule has 0 spiro atoms. The molecule has 1 heterocycles. The van der Waals surface area contributed by atoms with E-state index >= 15 is 0 Å². The molecule has 6 nitrogen and oxygen atoms in total. The number of nitrogens with one attached hydrogen (secondary N) is 1. The fourth-order valence-corrected chi connectivity index (χ4v) is 1.47. The maximum atomic E-state index is 10.8. The van der Waals surface area contributed by atoms with Crippen molar-refractivity contribution in [3.05, 3.63) is 0 Å². The lowest BCUT2D eigenvalue weighted by molar-refractivity contribution is -0.120. The van der Waals surface area contributed by atoms with Crippen LogP contribution in [0.3, 0.4) is 0 Å². The van der Waals surface area contributed by atoms with Crippen molar-refractivity contribution in [3.63, 3.8) is 0 Å². The Morgan fingerprint density at radius 3 is 2.50 bits per heavy atom. The Labute approximate surface area is 81.2 Å². The second kappa shape index (κ2) is 4.70. The van der Waals surface area contributed by atoms with Crippen LogP contribution in [0.1, 0.15) is 12.8 Å². The van der Waals surface area contributed by atoms with E-state index in [1.165, 1.54) is 0 Å². The molecule has 1 aliphatic heterocycles. The zero-order valence-electron chi connectivity index (χ0n) is 7.63. The minimum absolute atomic E-state index is 0.181. The number of hydrogen-bond donors (Lipinski definition) is 5. The summed E-state index contributed by atoms with van der Waals surface area (Å²) < 4.78 is 0. The average Bonchev–Trinajstić information content (AvgIpc) is 2.61. The van der Waals surface area contributed by atoms with Crippen LogP contribution in [0.2, 0.25) is 0 Å². The second-order valence-electron chi connectivity index (χ2n) is 3.44. The van der Waals surface area contributed by atoms with Crippen LogP contribution < -0.4 is 5.32 Å². The van der Waals surface area contributed by atoms with Gasteiger partial charge in [0.05, 0.1) is 12.6 Å². The Morgan fingerprint density at radius 2 is 2.07 bits per heavy atom. The quantitative estimate of drug-likeness (QED) is 0.344. The van der Waals surface area contributed by atoms with Gasteiger partial charge in [-0.05, 0) is 6.42 Å². The Bertz CT molecular complexity index is 210. The highest BCUT2D eigenvalue weighted by molar-refractivity contribution is 5.78. The van der Waals surface area contributed by atoms with E-state index in [1.807, 2.05) is 0 Å². The summed E-state index contributed by atoms with van der Waals surface area (Å²) >= 11 is 0. The predicted molar refractivity (Wildman–Crippen MR) is 46.3 cm³/mol. The van der Waals surface area contributed by atoms with Gasteiger partial charge in [0.1, 0.15) is 18.3 Å². The molecule has 0 radical (unpaired) electrons. The van der Waals surface area contributed by atoms with E-state index in [0.717, 1.165) is 0 Å². The molecule has 4 atom stereocenters. The van der Waals surface area contributed by atoms with E-state index in [1.54, 1.807) is 0 Å². The summed E-state index contributed by atoms with van der Waals surface area (Å²) in [6, 6.07) is -0.543. The van der Waals surface area contributed by atoms with E-state index in [2.05, 4.69) is 5.32 Å². The Morgan fingerprint density at radius 1 is 1.43 bits per heavy atom. The van der Waals surface area contributed by atoms with Gasteiger partial charge in [0, 0.05) is 6.42 Å². The first-order chi connectivity index (χ1) is 6.56. The molecule has 1 amide bonds. The van der Waals surface area contributed by atoms with Gasteiger partial charge < -0.3 is 25.7 Å². The topological polar surface area (TPSA) is 110 Å². The van der Waals surface area contributed by atoms with E-state index in [9.17, 15) is 15.0 Å². The van der Waals surface area contributed by atoms with E-state index in [4.69, 9.17) is 10.2 Å². The van der Waals surface area contributed by atoms with Gasteiger partial charge in [-0.1, -0.05) is 0 Å². The van der Waals surface area contributed by atoms with Crippen LogP contribution in [-0.4, -0.2) is 57.3 Å². The van der Waals surface area contributed by atoms with E-state index < -0.39 is 31.0 Å². The summed E-state index contributed by atoms with van der Waals surface area (Å²) in [5.41, 5.74) is 0. The van der Waals surface area contributed by atoms with Gasteiger partial charge in [-0.3, -0.25) is 4.79 Å². The molecule has 5 N–H and O–H groups in total. The van der Waals surface area contributed by atoms with Crippen LogP contribution in [0.4, 0.5) is 0 Å². The van der Waals surface area contributed by atoms with Gasteiger partial charge >= 0.3 is 0 Å². The van der Waals surface area contributed by atoms with Gasteiger partial charge in [-0.2, -0.15) is 0 Å². The Balaban J connectivity index is 2.47. The molecule has 0 saturated carbocycles. The summed E-state index contributed by atoms with van der Waals surface area (Å²) in [7, 11) is 0. The molecule has 0 aromatic carbocycles. The molecular formula is C8H15NO5. The number of hydrogen-bond acceptors (Lipinski definition) is 5. The SMILES string of the molecule is O=C1CC[C@@H]([C@@H](O)[C@H](O)[C@@H](O)CO)N1. The van der Waals surface area contributed by atoms with Crippen molar-refractivity contribution in [1.82, 2.24) is 5.32 Å². The summed E-state index contributed by atoms with van der Waals surface area (Å²) in [6.45, 7) is -0.626. The number of aliphatic hydroxyl groups is 4. The third-order valence-corrected chi connectivity index (χ3v) is 2.37.